The molecule has 0 bridgehead atoms. The number of nitrogens with one attached hydrogen (secondary N) is 2. The van der Waals surface area contributed by atoms with Crippen LogP contribution in [-0.2, 0) is 0 Å². The maximum atomic E-state index is 7.48. The fourth-order valence-corrected chi connectivity index (χ4v) is 1.56. The Labute approximate surface area is 82.6 Å². The highest BCUT2D eigenvalue weighted by molar-refractivity contribution is 9.10. The molecule has 1 rings (SSSR count). The SMILES string of the molecule is CNc1ccc(Br)cc1C(=N)P. The highest BCUT2D eigenvalue weighted by atomic mass is 79.9. The van der Waals surface area contributed by atoms with Crippen LogP contribution >= 0.6 is 25.2 Å². The molecule has 12 heavy (non-hydrogen) atoms. The van der Waals surface area contributed by atoms with E-state index in [1.807, 2.05) is 25.2 Å². The highest BCUT2D eigenvalue weighted by Gasteiger charge is 2.02. The lowest BCUT2D eigenvalue weighted by atomic mass is 10.2. The van der Waals surface area contributed by atoms with Gasteiger partial charge in [0.25, 0.3) is 0 Å². The second-order valence-corrected chi connectivity index (χ2v) is 3.85. The number of benzene rings is 1. The van der Waals surface area contributed by atoms with Crippen molar-refractivity contribution >= 4 is 36.3 Å². The molecule has 0 heterocycles. The van der Waals surface area contributed by atoms with Crippen LogP contribution in [0.2, 0.25) is 0 Å². The van der Waals surface area contributed by atoms with Gasteiger partial charge in [0.1, 0.15) is 0 Å². The number of hydrogen-bond donors (Lipinski definition) is 2. The summed E-state index contributed by atoms with van der Waals surface area (Å²) in [6.45, 7) is 0. The molecule has 0 aromatic heterocycles. The summed E-state index contributed by atoms with van der Waals surface area (Å²) in [4.78, 5) is 0. The minimum atomic E-state index is 0.487. The molecule has 0 saturated carbocycles. The fourth-order valence-electron chi connectivity index (χ4n) is 0.957. The molecule has 0 saturated heterocycles. The first kappa shape index (κ1) is 9.69. The van der Waals surface area contributed by atoms with E-state index >= 15 is 0 Å². The van der Waals surface area contributed by atoms with Crippen LogP contribution in [0.1, 0.15) is 5.56 Å². The van der Waals surface area contributed by atoms with Crippen LogP contribution in [0.5, 0.6) is 0 Å². The highest BCUT2D eigenvalue weighted by Crippen LogP contribution is 2.22. The number of hydrogen-bond acceptors (Lipinski definition) is 2. The summed E-state index contributed by atoms with van der Waals surface area (Å²) in [5.74, 6) is 0. The molecule has 1 unspecified atom stereocenters. The molecule has 1 aromatic carbocycles. The van der Waals surface area contributed by atoms with E-state index in [9.17, 15) is 0 Å². The Morgan fingerprint density at radius 2 is 2.25 bits per heavy atom. The van der Waals surface area contributed by atoms with Gasteiger partial charge in [0, 0.05) is 22.8 Å². The number of halogens is 1. The molecule has 0 radical (unpaired) electrons. The molecular weight excluding hydrogens is 235 g/mol. The molecule has 0 aliphatic carbocycles. The maximum Gasteiger partial charge on any atom is 0.0572 e. The summed E-state index contributed by atoms with van der Waals surface area (Å²) >= 11 is 3.36. The summed E-state index contributed by atoms with van der Waals surface area (Å²) in [6.07, 6.45) is 0. The van der Waals surface area contributed by atoms with Crippen LogP contribution in [0.4, 0.5) is 5.69 Å². The molecule has 0 fully saturated rings. The Bertz CT molecular complexity index is 312. The first-order valence-electron chi connectivity index (χ1n) is 3.47. The molecule has 2 N–H and O–H groups in total. The average Bonchev–Trinajstić information content (AvgIpc) is 2.04. The predicted octanol–water partition coefficient (Wildman–Crippen LogP) is 2.69. The van der Waals surface area contributed by atoms with Gasteiger partial charge < -0.3 is 10.7 Å². The van der Waals surface area contributed by atoms with E-state index in [-0.39, 0.29) is 0 Å². The van der Waals surface area contributed by atoms with Crippen molar-refractivity contribution in [3.05, 3.63) is 28.2 Å². The molecule has 64 valence electrons. The Morgan fingerprint density at radius 3 is 2.75 bits per heavy atom. The van der Waals surface area contributed by atoms with Gasteiger partial charge in [0.15, 0.2) is 0 Å². The molecular formula is C8H10BrN2P. The zero-order valence-corrected chi connectivity index (χ0v) is 9.43. The van der Waals surface area contributed by atoms with Crippen molar-refractivity contribution in [1.82, 2.24) is 0 Å². The summed E-state index contributed by atoms with van der Waals surface area (Å²) < 4.78 is 0.990. The van der Waals surface area contributed by atoms with Crippen molar-refractivity contribution in [1.29, 1.82) is 5.41 Å². The number of rotatable bonds is 2. The van der Waals surface area contributed by atoms with Crippen LogP contribution in [0.15, 0.2) is 22.7 Å². The normalized spacial score (nSPS) is 9.58. The summed E-state index contributed by atoms with van der Waals surface area (Å²) in [5.41, 5.74) is 2.36. The van der Waals surface area contributed by atoms with Crippen molar-refractivity contribution in [3.63, 3.8) is 0 Å². The van der Waals surface area contributed by atoms with Gasteiger partial charge in [-0.15, -0.1) is 0 Å². The van der Waals surface area contributed by atoms with Crippen molar-refractivity contribution in [3.8, 4) is 0 Å². The zero-order valence-electron chi connectivity index (χ0n) is 6.69. The molecule has 2 nitrogen and oxygen atoms in total. The van der Waals surface area contributed by atoms with Crippen molar-refractivity contribution in [2.24, 2.45) is 0 Å². The van der Waals surface area contributed by atoms with E-state index in [0.29, 0.717) is 5.45 Å². The quantitative estimate of drug-likeness (QED) is 0.609. The summed E-state index contributed by atoms with van der Waals surface area (Å²) in [5, 5.41) is 10.5. The van der Waals surface area contributed by atoms with Crippen LogP contribution in [0.25, 0.3) is 0 Å². The van der Waals surface area contributed by atoms with E-state index in [1.54, 1.807) is 0 Å². The van der Waals surface area contributed by atoms with Gasteiger partial charge in [-0.25, -0.2) is 0 Å². The van der Waals surface area contributed by atoms with Crippen molar-refractivity contribution in [2.45, 2.75) is 0 Å². The van der Waals surface area contributed by atoms with Crippen LogP contribution in [0, 0.1) is 5.41 Å². The van der Waals surface area contributed by atoms with Gasteiger partial charge in [-0.1, -0.05) is 25.2 Å². The molecule has 0 aliphatic heterocycles. The summed E-state index contributed by atoms with van der Waals surface area (Å²) in [7, 11) is 4.23. The molecule has 4 heteroatoms. The first-order chi connectivity index (χ1) is 5.65. The lowest BCUT2D eigenvalue weighted by Crippen LogP contribution is -1.97. The van der Waals surface area contributed by atoms with Gasteiger partial charge >= 0.3 is 0 Å². The fraction of sp³-hybridized carbons (Fsp3) is 0.125. The van der Waals surface area contributed by atoms with E-state index in [2.05, 4.69) is 30.5 Å². The molecule has 0 aliphatic rings. The second kappa shape index (κ2) is 4.01. The Morgan fingerprint density at radius 1 is 1.58 bits per heavy atom. The Hall–Kier alpha value is -0.400. The van der Waals surface area contributed by atoms with Gasteiger partial charge in [-0.3, -0.25) is 0 Å². The largest absolute Gasteiger partial charge is 0.388 e. The van der Waals surface area contributed by atoms with E-state index < -0.39 is 0 Å². The third-order valence-electron chi connectivity index (χ3n) is 1.54. The van der Waals surface area contributed by atoms with Gasteiger partial charge in [-0.2, -0.15) is 0 Å². The van der Waals surface area contributed by atoms with Crippen molar-refractivity contribution < 1.29 is 0 Å². The molecule has 0 spiro atoms. The zero-order chi connectivity index (χ0) is 9.14. The predicted molar refractivity (Wildman–Crippen MR) is 60.2 cm³/mol. The first-order valence-corrected chi connectivity index (χ1v) is 4.84. The van der Waals surface area contributed by atoms with Crippen LogP contribution in [0.3, 0.4) is 0 Å². The average molecular weight is 245 g/mol. The molecule has 0 amide bonds. The maximum absolute atomic E-state index is 7.48. The van der Waals surface area contributed by atoms with Gasteiger partial charge in [0.2, 0.25) is 0 Å². The van der Waals surface area contributed by atoms with Crippen LogP contribution < -0.4 is 5.32 Å². The van der Waals surface area contributed by atoms with E-state index in [1.165, 1.54) is 0 Å². The smallest absolute Gasteiger partial charge is 0.0572 e. The lowest BCUT2D eigenvalue weighted by Gasteiger charge is -2.07. The standard InChI is InChI=1S/C8H10BrN2P/c1-11-7-3-2-5(9)4-6(7)8(10)12/h2-4,10-11H,12H2,1H3. The third-order valence-corrected chi connectivity index (χ3v) is 2.35. The van der Waals surface area contributed by atoms with Crippen LogP contribution in [-0.4, -0.2) is 12.5 Å². The molecule has 1 aromatic rings. The minimum absolute atomic E-state index is 0.487. The monoisotopic (exact) mass is 244 g/mol. The van der Waals surface area contributed by atoms with E-state index in [0.717, 1.165) is 15.7 Å². The van der Waals surface area contributed by atoms with E-state index in [4.69, 9.17) is 5.41 Å². The second-order valence-electron chi connectivity index (χ2n) is 2.35. The number of anilines is 1. The lowest BCUT2D eigenvalue weighted by molar-refractivity contribution is 1.46. The Balaban J connectivity index is 3.21. The minimum Gasteiger partial charge on any atom is -0.388 e. The topological polar surface area (TPSA) is 35.9 Å². The third kappa shape index (κ3) is 2.05. The summed E-state index contributed by atoms with van der Waals surface area (Å²) in [6, 6.07) is 5.81. The van der Waals surface area contributed by atoms with Gasteiger partial charge in [0.05, 0.1) is 5.45 Å². The van der Waals surface area contributed by atoms with Crippen molar-refractivity contribution in [2.75, 3.05) is 12.4 Å². The Kier molecular flexibility index (Phi) is 3.24. The van der Waals surface area contributed by atoms with Gasteiger partial charge in [-0.05, 0) is 18.2 Å². The molecule has 1 atom stereocenters.